The summed E-state index contributed by atoms with van der Waals surface area (Å²) in [5, 5.41) is 11.9. The molecule has 18 heavy (non-hydrogen) atoms. The third-order valence-electron chi connectivity index (χ3n) is 2.68. The van der Waals surface area contributed by atoms with Gasteiger partial charge in [-0.1, -0.05) is 13.3 Å². The Morgan fingerprint density at radius 2 is 2.39 bits per heavy atom. The molecule has 0 spiro atoms. The molecular weight excluding hydrogens is 230 g/mol. The number of nitriles is 1. The van der Waals surface area contributed by atoms with Crippen LogP contribution in [-0.4, -0.2) is 23.6 Å². The molecular formula is C13H17N3O2. The van der Waals surface area contributed by atoms with E-state index in [4.69, 9.17) is 10.00 Å². The van der Waals surface area contributed by atoms with Crippen LogP contribution in [0.2, 0.25) is 0 Å². The first-order valence-corrected chi connectivity index (χ1v) is 5.78. The standard InChI is InChI=1S/C13H17N3O2/c1-4-6-13(2,12(17)18-3)16-10-5-7-15-11(8-10)9-14/h5,7-8H,4,6H2,1-3H3,(H,15,16). The number of anilines is 1. The monoisotopic (exact) mass is 247 g/mol. The van der Waals surface area contributed by atoms with Gasteiger partial charge < -0.3 is 10.1 Å². The zero-order valence-electron chi connectivity index (χ0n) is 10.9. The first kappa shape index (κ1) is 14.0. The van der Waals surface area contributed by atoms with Gasteiger partial charge in [0.25, 0.3) is 0 Å². The fraction of sp³-hybridized carbons (Fsp3) is 0.462. The maximum Gasteiger partial charge on any atom is 0.331 e. The van der Waals surface area contributed by atoms with Gasteiger partial charge in [-0.25, -0.2) is 9.78 Å². The molecule has 0 fully saturated rings. The normalized spacial score (nSPS) is 13.2. The average Bonchev–Trinajstić information content (AvgIpc) is 2.38. The van der Waals surface area contributed by atoms with Crippen LogP contribution in [0.15, 0.2) is 18.3 Å². The topological polar surface area (TPSA) is 75.0 Å². The number of esters is 1. The fourth-order valence-electron chi connectivity index (χ4n) is 1.83. The molecule has 5 nitrogen and oxygen atoms in total. The minimum Gasteiger partial charge on any atom is -0.467 e. The van der Waals surface area contributed by atoms with Crippen molar-refractivity contribution in [2.75, 3.05) is 12.4 Å². The van der Waals surface area contributed by atoms with Crippen molar-refractivity contribution in [3.05, 3.63) is 24.0 Å². The molecule has 1 rings (SSSR count). The van der Waals surface area contributed by atoms with E-state index in [0.717, 1.165) is 6.42 Å². The molecule has 0 saturated carbocycles. The van der Waals surface area contributed by atoms with Crippen molar-refractivity contribution in [1.29, 1.82) is 5.26 Å². The lowest BCUT2D eigenvalue weighted by molar-refractivity contribution is -0.145. The number of ether oxygens (including phenoxy) is 1. The molecule has 0 aliphatic heterocycles. The molecule has 0 aliphatic rings. The highest BCUT2D eigenvalue weighted by Crippen LogP contribution is 2.21. The summed E-state index contributed by atoms with van der Waals surface area (Å²) in [4.78, 5) is 15.7. The maximum atomic E-state index is 11.8. The van der Waals surface area contributed by atoms with E-state index in [2.05, 4.69) is 10.3 Å². The summed E-state index contributed by atoms with van der Waals surface area (Å²) in [7, 11) is 1.37. The van der Waals surface area contributed by atoms with Crippen molar-refractivity contribution in [2.24, 2.45) is 0 Å². The SMILES string of the molecule is CCCC(C)(Nc1ccnc(C#N)c1)C(=O)OC. The first-order valence-electron chi connectivity index (χ1n) is 5.78. The van der Waals surface area contributed by atoms with Crippen molar-refractivity contribution in [2.45, 2.75) is 32.2 Å². The molecule has 1 unspecified atom stereocenters. The smallest absolute Gasteiger partial charge is 0.331 e. The number of aromatic nitrogens is 1. The summed E-state index contributed by atoms with van der Waals surface area (Å²) in [6.45, 7) is 3.78. The van der Waals surface area contributed by atoms with E-state index in [1.165, 1.54) is 13.3 Å². The Morgan fingerprint density at radius 1 is 1.67 bits per heavy atom. The number of hydrogen-bond acceptors (Lipinski definition) is 5. The third kappa shape index (κ3) is 3.20. The van der Waals surface area contributed by atoms with Crippen molar-refractivity contribution in [3.8, 4) is 6.07 Å². The number of nitrogens with zero attached hydrogens (tertiary/aromatic N) is 2. The molecule has 0 aliphatic carbocycles. The predicted molar refractivity (Wildman–Crippen MR) is 67.9 cm³/mol. The summed E-state index contributed by atoms with van der Waals surface area (Å²) in [5.74, 6) is -0.320. The molecule has 1 aromatic heterocycles. The molecule has 96 valence electrons. The molecule has 0 amide bonds. The van der Waals surface area contributed by atoms with Crippen LogP contribution in [0, 0.1) is 11.3 Å². The maximum absolute atomic E-state index is 11.8. The second kappa shape index (κ2) is 6.01. The number of hydrogen-bond donors (Lipinski definition) is 1. The number of methoxy groups -OCH3 is 1. The number of rotatable bonds is 5. The molecule has 1 heterocycles. The Labute approximate surface area is 107 Å². The zero-order chi connectivity index (χ0) is 13.6. The van der Waals surface area contributed by atoms with Gasteiger partial charge in [0.2, 0.25) is 0 Å². The second-order valence-electron chi connectivity index (χ2n) is 4.24. The second-order valence-corrected chi connectivity index (χ2v) is 4.24. The molecule has 0 radical (unpaired) electrons. The molecule has 0 aromatic carbocycles. The van der Waals surface area contributed by atoms with Crippen LogP contribution in [0.25, 0.3) is 0 Å². The lowest BCUT2D eigenvalue weighted by Gasteiger charge is -2.28. The van der Waals surface area contributed by atoms with Gasteiger partial charge in [-0.05, 0) is 25.5 Å². The third-order valence-corrected chi connectivity index (χ3v) is 2.68. The van der Waals surface area contributed by atoms with Gasteiger partial charge in [0.05, 0.1) is 7.11 Å². The quantitative estimate of drug-likeness (QED) is 0.806. The predicted octanol–water partition coefficient (Wildman–Crippen LogP) is 2.10. The van der Waals surface area contributed by atoms with Crippen molar-refractivity contribution in [3.63, 3.8) is 0 Å². The van der Waals surface area contributed by atoms with Crippen LogP contribution in [0.1, 0.15) is 32.4 Å². The number of pyridine rings is 1. The van der Waals surface area contributed by atoms with Gasteiger partial charge in [-0.2, -0.15) is 5.26 Å². The van der Waals surface area contributed by atoms with Gasteiger partial charge in [-0.15, -0.1) is 0 Å². The van der Waals surface area contributed by atoms with Gasteiger partial charge >= 0.3 is 5.97 Å². The van der Waals surface area contributed by atoms with Crippen LogP contribution in [-0.2, 0) is 9.53 Å². The van der Waals surface area contributed by atoms with Gasteiger partial charge in [-0.3, -0.25) is 0 Å². The minimum absolute atomic E-state index is 0.309. The van der Waals surface area contributed by atoms with E-state index >= 15 is 0 Å². The van der Waals surface area contributed by atoms with E-state index in [1.807, 2.05) is 13.0 Å². The van der Waals surface area contributed by atoms with E-state index in [1.54, 1.807) is 19.1 Å². The van der Waals surface area contributed by atoms with Crippen LogP contribution >= 0.6 is 0 Å². The Hall–Kier alpha value is -2.09. The van der Waals surface area contributed by atoms with Crippen molar-refractivity contribution >= 4 is 11.7 Å². The van der Waals surface area contributed by atoms with Crippen LogP contribution < -0.4 is 5.32 Å². The van der Waals surface area contributed by atoms with Crippen LogP contribution in [0.5, 0.6) is 0 Å². The molecule has 0 bridgehead atoms. The first-order chi connectivity index (χ1) is 8.55. The number of carbonyl (C=O) groups excluding carboxylic acids is 1. The molecule has 1 N–H and O–H groups in total. The highest BCUT2D eigenvalue weighted by atomic mass is 16.5. The van der Waals surface area contributed by atoms with Gasteiger partial charge in [0.1, 0.15) is 17.3 Å². The van der Waals surface area contributed by atoms with Crippen molar-refractivity contribution in [1.82, 2.24) is 4.98 Å². The van der Waals surface area contributed by atoms with E-state index in [0.29, 0.717) is 17.8 Å². The molecule has 1 aromatic rings. The van der Waals surface area contributed by atoms with E-state index < -0.39 is 5.54 Å². The van der Waals surface area contributed by atoms with Crippen LogP contribution in [0.3, 0.4) is 0 Å². The van der Waals surface area contributed by atoms with E-state index in [-0.39, 0.29) is 5.97 Å². The minimum atomic E-state index is -0.794. The lowest BCUT2D eigenvalue weighted by atomic mass is 9.96. The lowest BCUT2D eigenvalue weighted by Crippen LogP contribution is -2.44. The largest absolute Gasteiger partial charge is 0.467 e. The average molecular weight is 247 g/mol. The highest BCUT2D eigenvalue weighted by Gasteiger charge is 2.33. The number of nitrogens with one attached hydrogen (secondary N) is 1. The van der Waals surface area contributed by atoms with Gasteiger partial charge in [0.15, 0.2) is 0 Å². The number of carbonyl (C=O) groups is 1. The highest BCUT2D eigenvalue weighted by molar-refractivity contribution is 5.84. The Morgan fingerprint density at radius 3 is 2.94 bits per heavy atom. The molecule has 1 atom stereocenters. The summed E-state index contributed by atoms with van der Waals surface area (Å²) in [6, 6.07) is 5.29. The fourth-order valence-corrected chi connectivity index (χ4v) is 1.83. The Kier molecular flexibility index (Phi) is 4.67. The van der Waals surface area contributed by atoms with Crippen LogP contribution in [0.4, 0.5) is 5.69 Å². The zero-order valence-corrected chi connectivity index (χ0v) is 10.9. The van der Waals surface area contributed by atoms with E-state index in [9.17, 15) is 4.79 Å². The summed E-state index contributed by atoms with van der Waals surface area (Å²) in [6.07, 6.45) is 3.02. The Balaban J connectivity index is 2.96. The summed E-state index contributed by atoms with van der Waals surface area (Å²) in [5.41, 5.74) is 0.198. The molecule has 0 saturated heterocycles. The van der Waals surface area contributed by atoms with Gasteiger partial charge in [0, 0.05) is 11.9 Å². The molecule has 5 heteroatoms. The van der Waals surface area contributed by atoms with Crippen molar-refractivity contribution < 1.29 is 9.53 Å². The Bertz CT molecular complexity index is 468. The summed E-state index contributed by atoms with van der Waals surface area (Å²) >= 11 is 0. The summed E-state index contributed by atoms with van der Waals surface area (Å²) < 4.78 is 4.81.